The summed E-state index contributed by atoms with van der Waals surface area (Å²) in [4.78, 5) is 26.3. The lowest BCUT2D eigenvalue weighted by Crippen LogP contribution is -2.44. The van der Waals surface area contributed by atoms with Crippen molar-refractivity contribution >= 4 is 11.9 Å². The molecule has 0 aliphatic carbocycles. The number of carbonyl (C=O) groups is 2. The number of carboxylic acid groups (broad SMARTS) is 1. The Bertz CT molecular complexity index is 542. The smallest absolute Gasteiger partial charge is 0.471 e. The van der Waals surface area contributed by atoms with E-state index in [9.17, 15) is 22.8 Å². The number of aromatic nitrogens is 1. The van der Waals surface area contributed by atoms with Crippen molar-refractivity contribution in [3.63, 3.8) is 0 Å². The lowest BCUT2D eigenvalue weighted by atomic mass is 10.0. The van der Waals surface area contributed by atoms with E-state index in [0.717, 1.165) is 6.20 Å². The van der Waals surface area contributed by atoms with E-state index >= 15 is 0 Å². The van der Waals surface area contributed by atoms with Crippen LogP contribution in [0.15, 0.2) is 12.3 Å². The molecular weight excluding hydrogens is 265 g/mol. The van der Waals surface area contributed by atoms with Crippen molar-refractivity contribution in [1.82, 2.24) is 9.88 Å². The summed E-state index contributed by atoms with van der Waals surface area (Å²) in [5.74, 6) is -3.05. The molecule has 8 heteroatoms. The topological polar surface area (TPSA) is 70.5 Å². The van der Waals surface area contributed by atoms with Crippen molar-refractivity contribution in [2.24, 2.45) is 0 Å². The zero-order valence-electron chi connectivity index (χ0n) is 9.57. The van der Waals surface area contributed by atoms with Crippen LogP contribution < -0.4 is 0 Å². The summed E-state index contributed by atoms with van der Waals surface area (Å²) in [6, 6.07) is 1.38. The normalized spacial score (nSPS) is 15.0. The molecule has 2 heterocycles. The summed E-state index contributed by atoms with van der Waals surface area (Å²) in [5.41, 5.74) is 0.842. The fraction of sp³-hybridized carbons (Fsp3) is 0.364. The number of aromatic carboxylic acids is 1. The maximum atomic E-state index is 12.3. The minimum absolute atomic E-state index is 0.0191. The molecule has 0 saturated heterocycles. The molecule has 102 valence electrons. The third kappa shape index (κ3) is 2.67. The minimum atomic E-state index is -4.90. The standard InChI is InChI=1S/C11H9F3N2O3/c12-11(13,14)10(19)16-2-1-6-3-7(9(17)18)4-15-8(6)5-16/h3-4H,1-2,5H2,(H,17,18). The summed E-state index contributed by atoms with van der Waals surface area (Å²) < 4.78 is 36.9. The van der Waals surface area contributed by atoms with Gasteiger partial charge in [0.2, 0.25) is 0 Å². The van der Waals surface area contributed by atoms with E-state index < -0.39 is 18.1 Å². The molecular formula is C11H9F3N2O3. The highest BCUT2D eigenvalue weighted by Crippen LogP contribution is 2.24. The van der Waals surface area contributed by atoms with E-state index in [1.165, 1.54) is 6.07 Å². The maximum Gasteiger partial charge on any atom is 0.471 e. The van der Waals surface area contributed by atoms with Crippen molar-refractivity contribution in [3.8, 4) is 0 Å². The molecule has 2 rings (SSSR count). The van der Waals surface area contributed by atoms with Crippen LogP contribution in [0.4, 0.5) is 13.2 Å². The fourth-order valence-corrected chi connectivity index (χ4v) is 1.88. The van der Waals surface area contributed by atoms with E-state index in [2.05, 4.69) is 4.98 Å². The van der Waals surface area contributed by atoms with Gasteiger partial charge in [-0.2, -0.15) is 13.2 Å². The van der Waals surface area contributed by atoms with Gasteiger partial charge in [0.25, 0.3) is 0 Å². The van der Waals surface area contributed by atoms with Crippen molar-refractivity contribution in [2.45, 2.75) is 19.1 Å². The van der Waals surface area contributed by atoms with E-state index in [1.807, 2.05) is 0 Å². The maximum absolute atomic E-state index is 12.3. The van der Waals surface area contributed by atoms with Crippen LogP contribution in [0.2, 0.25) is 0 Å². The van der Waals surface area contributed by atoms with Crippen LogP contribution in [0.25, 0.3) is 0 Å². The van der Waals surface area contributed by atoms with Gasteiger partial charge in [-0.3, -0.25) is 9.78 Å². The van der Waals surface area contributed by atoms with Gasteiger partial charge in [0.1, 0.15) is 0 Å². The highest BCUT2D eigenvalue weighted by molar-refractivity contribution is 5.87. The summed E-state index contributed by atoms with van der Waals surface area (Å²) >= 11 is 0. The first-order valence-electron chi connectivity index (χ1n) is 5.36. The summed E-state index contributed by atoms with van der Waals surface area (Å²) in [6.45, 7) is -0.357. The van der Waals surface area contributed by atoms with Gasteiger partial charge in [-0.25, -0.2) is 4.79 Å². The van der Waals surface area contributed by atoms with Crippen LogP contribution in [-0.4, -0.2) is 39.6 Å². The van der Waals surface area contributed by atoms with Crippen molar-refractivity contribution < 1.29 is 27.9 Å². The molecule has 1 aromatic heterocycles. The second-order valence-corrected chi connectivity index (χ2v) is 4.11. The number of carbonyl (C=O) groups excluding carboxylic acids is 1. The third-order valence-electron chi connectivity index (χ3n) is 2.83. The molecule has 0 fully saturated rings. The average molecular weight is 274 g/mol. The molecule has 1 aromatic rings. The Morgan fingerprint density at radius 2 is 2.05 bits per heavy atom. The Morgan fingerprint density at radius 1 is 1.37 bits per heavy atom. The molecule has 5 nitrogen and oxygen atoms in total. The molecule has 0 aromatic carbocycles. The van der Waals surface area contributed by atoms with Gasteiger partial charge in [-0.1, -0.05) is 0 Å². The highest BCUT2D eigenvalue weighted by atomic mass is 19.4. The predicted molar refractivity (Wildman–Crippen MR) is 56.4 cm³/mol. The van der Waals surface area contributed by atoms with Crippen LogP contribution >= 0.6 is 0 Å². The summed E-state index contributed by atoms with van der Waals surface area (Å²) in [7, 11) is 0. The Kier molecular flexibility index (Phi) is 3.17. The van der Waals surface area contributed by atoms with Crippen LogP contribution in [0.3, 0.4) is 0 Å². The minimum Gasteiger partial charge on any atom is -0.478 e. The molecule has 0 spiro atoms. The number of rotatable bonds is 1. The molecule has 0 bridgehead atoms. The SMILES string of the molecule is O=C(O)c1cnc2c(c1)CCN(C(=O)C(F)(F)F)C2. The molecule has 1 aliphatic rings. The van der Waals surface area contributed by atoms with Crippen LogP contribution in [0, 0.1) is 0 Å². The summed E-state index contributed by atoms with van der Waals surface area (Å²) in [5, 5.41) is 8.78. The lowest BCUT2D eigenvalue weighted by molar-refractivity contribution is -0.186. The zero-order chi connectivity index (χ0) is 14.2. The van der Waals surface area contributed by atoms with Crippen LogP contribution in [0.5, 0.6) is 0 Å². The van der Waals surface area contributed by atoms with Gasteiger partial charge >= 0.3 is 18.1 Å². The Hall–Kier alpha value is -2.12. The van der Waals surface area contributed by atoms with Crippen LogP contribution in [0.1, 0.15) is 21.6 Å². The number of pyridine rings is 1. The van der Waals surface area contributed by atoms with E-state index in [1.54, 1.807) is 0 Å². The first-order valence-corrected chi connectivity index (χ1v) is 5.36. The van der Waals surface area contributed by atoms with Gasteiger partial charge in [0.05, 0.1) is 17.8 Å². The number of carboxylic acids is 1. The average Bonchev–Trinajstić information content (AvgIpc) is 2.35. The quantitative estimate of drug-likeness (QED) is 0.836. The molecule has 1 N–H and O–H groups in total. The van der Waals surface area contributed by atoms with E-state index in [4.69, 9.17) is 5.11 Å². The summed E-state index contributed by atoms with van der Waals surface area (Å²) in [6.07, 6.45) is -3.67. The van der Waals surface area contributed by atoms with Gasteiger partial charge in [0, 0.05) is 12.7 Å². The first kappa shape index (κ1) is 13.3. The number of hydrogen-bond acceptors (Lipinski definition) is 3. The number of fused-ring (bicyclic) bond motifs is 1. The number of hydrogen-bond donors (Lipinski definition) is 1. The lowest BCUT2D eigenvalue weighted by Gasteiger charge is -2.28. The second-order valence-electron chi connectivity index (χ2n) is 4.11. The largest absolute Gasteiger partial charge is 0.478 e. The molecule has 0 saturated carbocycles. The number of nitrogens with zero attached hydrogens (tertiary/aromatic N) is 2. The van der Waals surface area contributed by atoms with Gasteiger partial charge < -0.3 is 10.0 Å². The number of amides is 1. The molecule has 1 amide bonds. The van der Waals surface area contributed by atoms with E-state index in [0.29, 0.717) is 16.2 Å². The molecule has 0 unspecified atom stereocenters. The molecule has 1 aliphatic heterocycles. The molecule has 19 heavy (non-hydrogen) atoms. The first-order chi connectivity index (χ1) is 8.79. The Morgan fingerprint density at radius 3 is 2.63 bits per heavy atom. The number of alkyl halides is 3. The molecule has 0 radical (unpaired) electrons. The number of halogens is 3. The van der Waals surface area contributed by atoms with Gasteiger partial charge in [-0.05, 0) is 18.1 Å². The van der Waals surface area contributed by atoms with E-state index in [-0.39, 0.29) is 25.1 Å². The van der Waals surface area contributed by atoms with Gasteiger partial charge in [-0.15, -0.1) is 0 Å². The van der Waals surface area contributed by atoms with Crippen LogP contribution in [-0.2, 0) is 17.8 Å². The Balaban J connectivity index is 2.22. The van der Waals surface area contributed by atoms with Crippen molar-refractivity contribution in [2.75, 3.05) is 6.54 Å². The third-order valence-corrected chi connectivity index (χ3v) is 2.83. The highest BCUT2D eigenvalue weighted by Gasteiger charge is 2.43. The fourth-order valence-electron chi connectivity index (χ4n) is 1.88. The van der Waals surface area contributed by atoms with Gasteiger partial charge in [0.15, 0.2) is 0 Å². The zero-order valence-corrected chi connectivity index (χ0v) is 9.57. The van der Waals surface area contributed by atoms with Crippen molar-refractivity contribution in [3.05, 3.63) is 29.1 Å². The molecule has 0 atom stereocenters. The second kappa shape index (κ2) is 4.52. The van der Waals surface area contributed by atoms with Crippen molar-refractivity contribution in [1.29, 1.82) is 0 Å². The monoisotopic (exact) mass is 274 g/mol. The Labute approximate surface area is 105 Å². The predicted octanol–water partition coefficient (Wildman–Crippen LogP) is 1.23.